The van der Waals surface area contributed by atoms with Crippen molar-refractivity contribution in [3.8, 4) is 11.8 Å². The van der Waals surface area contributed by atoms with Crippen LogP contribution in [0.25, 0.3) is 0 Å². The maximum Gasteiger partial charge on any atom is 0.165 e. The maximum absolute atomic E-state index is 14.6. The van der Waals surface area contributed by atoms with Crippen molar-refractivity contribution in [3.05, 3.63) is 83.4 Å². The summed E-state index contributed by atoms with van der Waals surface area (Å²) in [6.45, 7) is 1.85. The second-order valence-corrected chi connectivity index (χ2v) is 5.99. The van der Waals surface area contributed by atoms with E-state index < -0.39 is 11.6 Å². The topological polar surface area (TPSA) is 37.8 Å². The summed E-state index contributed by atoms with van der Waals surface area (Å²) in [6, 6.07) is 9.68. The molecule has 124 valence electrons. The van der Waals surface area contributed by atoms with E-state index in [9.17, 15) is 8.78 Å². The number of nitrogens with zero attached hydrogens (tertiary/aromatic N) is 2. The van der Waals surface area contributed by atoms with Crippen molar-refractivity contribution in [3.63, 3.8) is 0 Å². The third kappa shape index (κ3) is 4.34. The molecule has 0 aliphatic rings. The van der Waals surface area contributed by atoms with Crippen molar-refractivity contribution < 1.29 is 8.78 Å². The average molecular weight is 353 g/mol. The van der Waals surface area contributed by atoms with Crippen LogP contribution in [-0.2, 0) is 0 Å². The van der Waals surface area contributed by atoms with E-state index >= 15 is 0 Å². The normalized spacial score (nSPS) is 10.0. The van der Waals surface area contributed by atoms with Crippen LogP contribution in [0.3, 0.4) is 0 Å². The van der Waals surface area contributed by atoms with Gasteiger partial charge in [-0.1, -0.05) is 11.8 Å². The fourth-order valence-electron chi connectivity index (χ4n) is 1.94. The molecule has 0 aliphatic heterocycles. The highest BCUT2D eigenvalue weighted by Gasteiger charge is 2.12. The Morgan fingerprint density at radius 3 is 2.64 bits per heavy atom. The highest BCUT2D eigenvalue weighted by molar-refractivity contribution is 8.00. The minimum absolute atomic E-state index is 0.154. The summed E-state index contributed by atoms with van der Waals surface area (Å²) in [5.74, 6) is 3.85. The Balaban J connectivity index is 1.84. The molecule has 3 rings (SSSR count). The molecule has 6 heteroatoms. The Morgan fingerprint density at radius 2 is 1.92 bits per heavy atom. The van der Waals surface area contributed by atoms with Crippen LogP contribution in [0.1, 0.15) is 16.8 Å². The number of pyridine rings is 2. The van der Waals surface area contributed by atoms with E-state index in [2.05, 4.69) is 26.5 Å². The van der Waals surface area contributed by atoms with Crippen LogP contribution in [0, 0.1) is 30.4 Å². The Labute approximate surface area is 148 Å². The van der Waals surface area contributed by atoms with Crippen molar-refractivity contribution in [2.24, 2.45) is 0 Å². The lowest BCUT2D eigenvalue weighted by Gasteiger charge is -2.08. The van der Waals surface area contributed by atoms with E-state index in [1.54, 1.807) is 36.8 Å². The Morgan fingerprint density at radius 1 is 1.04 bits per heavy atom. The first-order valence-corrected chi connectivity index (χ1v) is 8.20. The van der Waals surface area contributed by atoms with Crippen molar-refractivity contribution in [1.29, 1.82) is 0 Å². The molecule has 2 heterocycles. The fourth-order valence-corrected chi connectivity index (χ4v) is 2.59. The van der Waals surface area contributed by atoms with E-state index in [4.69, 9.17) is 0 Å². The molecule has 0 fully saturated rings. The Hall–Kier alpha value is -2.91. The second-order valence-electron chi connectivity index (χ2n) is 5.12. The lowest BCUT2D eigenvalue weighted by atomic mass is 10.1. The molecule has 25 heavy (non-hydrogen) atoms. The van der Waals surface area contributed by atoms with Crippen molar-refractivity contribution in [1.82, 2.24) is 9.97 Å². The molecule has 1 N–H and O–H groups in total. The van der Waals surface area contributed by atoms with Gasteiger partial charge >= 0.3 is 0 Å². The molecular formula is C19H13F2N3S. The van der Waals surface area contributed by atoms with Crippen LogP contribution < -0.4 is 4.72 Å². The molecule has 0 saturated carbocycles. The molecular weight excluding hydrogens is 340 g/mol. The highest BCUT2D eigenvalue weighted by atomic mass is 32.2. The molecule has 0 saturated heterocycles. The van der Waals surface area contributed by atoms with E-state index in [0.717, 1.165) is 10.6 Å². The first-order valence-electron chi connectivity index (χ1n) is 7.39. The number of benzene rings is 1. The number of aryl methyl sites for hydroxylation is 1. The van der Waals surface area contributed by atoms with Crippen LogP contribution in [0.2, 0.25) is 0 Å². The number of hydrogen-bond acceptors (Lipinski definition) is 4. The van der Waals surface area contributed by atoms with E-state index in [-0.39, 0.29) is 11.3 Å². The standard InChI is InChI=1S/C19H13F2N3S/c1-13-4-5-14(11-23-13)6-7-16-17(20)8-9-18(19(16)21)24-25-15-3-2-10-22-12-15/h2-5,8-12,24H,1H3. The average Bonchev–Trinajstić information content (AvgIpc) is 2.63. The molecule has 2 aromatic heterocycles. The zero-order chi connectivity index (χ0) is 17.6. The second kappa shape index (κ2) is 7.77. The third-order valence-electron chi connectivity index (χ3n) is 3.25. The molecule has 0 unspecified atom stereocenters. The van der Waals surface area contributed by atoms with Gasteiger partial charge in [0.25, 0.3) is 0 Å². The number of nitrogens with one attached hydrogen (secondary N) is 1. The smallest absolute Gasteiger partial charge is 0.165 e. The summed E-state index contributed by atoms with van der Waals surface area (Å²) in [4.78, 5) is 8.89. The van der Waals surface area contributed by atoms with Gasteiger partial charge in [-0.05, 0) is 55.3 Å². The molecule has 0 spiro atoms. The molecule has 0 amide bonds. The molecule has 3 aromatic rings. The number of rotatable bonds is 3. The monoisotopic (exact) mass is 353 g/mol. The van der Waals surface area contributed by atoms with Gasteiger partial charge < -0.3 is 4.72 Å². The van der Waals surface area contributed by atoms with Gasteiger partial charge in [-0.2, -0.15) is 0 Å². The van der Waals surface area contributed by atoms with Gasteiger partial charge in [0.2, 0.25) is 0 Å². The lowest BCUT2D eigenvalue weighted by molar-refractivity contribution is 0.580. The summed E-state index contributed by atoms with van der Waals surface area (Å²) < 4.78 is 31.4. The predicted molar refractivity (Wildman–Crippen MR) is 95.0 cm³/mol. The summed E-state index contributed by atoms with van der Waals surface area (Å²) in [6.07, 6.45) is 4.86. The van der Waals surface area contributed by atoms with Gasteiger partial charge in [-0.15, -0.1) is 0 Å². The first-order chi connectivity index (χ1) is 12.1. The molecule has 1 aromatic carbocycles. The molecule has 3 nitrogen and oxygen atoms in total. The van der Waals surface area contributed by atoms with Crippen LogP contribution in [0.4, 0.5) is 14.5 Å². The predicted octanol–water partition coefficient (Wildman–Crippen LogP) is 4.58. The van der Waals surface area contributed by atoms with Crippen LogP contribution in [0.5, 0.6) is 0 Å². The largest absolute Gasteiger partial charge is 0.323 e. The summed E-state index contributed by atoms with van der Waals surface area (Å²) >= 11 is 1.19. The molecule has 0 radical (unpaired) electrons. The minimum Gasteiger partial charge on any atom is -0.323 e. The zero-order valence-corrected chi connectivity index (χ0v) is 14.1. The zero-order valence-electron chi connectivity index (χ0n) is 13.3. The van der Waals surface area contributed by atoms with Gasteiger partial charge in [0.05, 0.1) is 11.3 Å². The fraction of sp³-hybridized carbons (Fsp3) is 0.0526. The third-order valence-corrected chi connectivity index (χ3v) is 4.05. The number of anilines is 1. The van der Waals surface area contributed by atoms with E-state index in [0.29, 0.717) is 5.56 Å². The van der Waals surface area contributed by atoms with Crippen molar-refractivity contribution >= 4 is 17.6 Å². The molecule has 0 atom stereocenters. The quantitative estimate of drug-likeness (QED) is 0.552. The van der Waals surface area contributed by atoms with Gasteiger partial charge in [0.1, 0.15) is 5.82 Å². The first kappa shape index (κ1) is 16.9. The number of hydrogen-bond donors (Lipinski definition) is 1. The molecule has 0 bridgehead atoms. The number of halogens is 2. The van der Waals surface area contributed by atoms with Gasteiger partial charge in [-0.3, -0.25) is 9.97 Å². The van der Waals surface area contributed by atoms with Gasteiger partial charge in [0, 0.05) is 34.7 Å². The Bertz CT molecular complexity index is 933. The van der Waals surface area contributed by atoms with Crippen molar-refractivity contribution in [2.45, 2.75) is 11.8 Å². The maximum atomic E-state index is 14.6. The van der Waals surface area contributed by atoms with E-state index in [1.165, 1.54) is 24.1 Å². The summed E-state index contributed by atoms with van der Waals surface area (Å²) in [5.41, 5.74) is 1.31. The van der Waals surface area contributed by atoms with Crippen LogP contribution in [0.15, 0.2) is 59.9 Å². The molecule has 0 aliphatic carbocycles. The van der Waals surface area contributed by atoms with Gasteiger partial charge in [-0.25, -0.2) is 8.78 Å². The minimum atomic E-state index is -0.732. The van der Waals surface area contributed by atoms with Crippen LogP contribution in [-0.4, -0.2) is 9.97 Å². The highest BCUT2D eigenvalue weighted by Crippen LogP contribution is 2.25. The summed E-state index contributed by atoms with van der Waals surface area (Å²) in [5, 5.41) is 0. The SMILES string of the molecule is Cc1ccc(C#Cc2c(F)ccc(NSc3cccnc3)c2F)cn1. The lowest BCUT2D eigenvalue weighted by Crippen LogP contribution is -1.97. The van der Waals surface area contributed by atoms with Crippen molar-refractivity contribution in [2.75, 3.05) is 4.72 Å². The number of aromatic nitrogens is 2. The Kier molecular flexibility index (Phi) is 5.26. The van der Waals surface area contributed by atoms with E-state index in [1.807, 2.05) is 13.0 Å². The van der Waals surface area contributed by atoms with Gasteiger partial charge in [0.15, 0.2) is 5.82 Å². The van der Waals surface area contributed by atoms with Crippen LogP contribution >= 0.6 is 11.9 Å². The summed E-state index contributed by atoms with van der Waals surface area (Å²) in [7, 11) is 0.